The fraction of sp³-hybridized carbons (Fsp3) is 0.240. The molecule has 0 N–H and O–H groups in total. The van der Waals surface area contributed by atoms with Gasteiger partial charge in [-0.25, -0.2) is 0 Å². The lowest BCUT2D eigenvalue weighted by atomic mass is 10.00. The molecular weight excluding hydrogens is 378 g/mol. The van der Waals surface area contributed by atoms with Crippen molar-refractivity contribution in [3.05, 3.63) is 90.0 Å². The van der Waals surface area contributed by atoms with E-state index in [-0.39, 0.29) is 11.2 Å². The second kappa shape index (κ2) is 9.19. The predicted octanol–water partition coefficient (Wildman–Crippen LogP) is 5.73. The number of para-hydroxylation sites is 1. The Morgan fingerprint density at radius 2 is 1.69 bits per heavy atom. The zero-order valence-corrected chi connectivity index (χ0v) is 17.4. The Morgan fingerprint density at radius 3 is 2.45 bits per heavy atom. The van der Waals surface area contributed by atoms with Crippen LogP contribution in [0.2, 0.25) is 0 Å². The molecule has 1 aliphatic rings. The molecule has 29 heavy (non-hydrogen) atoms. The molecule has 0 fully saturated rings. The number of hydrogen-bond donors (Lipinski definition) is 0. The van der Waals surface area contributed by atoms with Crippen LogP contribution in [0.1, 0.15) is 24.0 Å². The van der Waals surface area contributed by atoms with Gasteiger partial charge < -0.3 is 9.64 Å². The van der Waals surface area contributed by atoms with Gasteiger partial charge in [-0.1, -0.05) is 48.5 Å². The van der Waals surface area contributed by atoms with E-state index >= 15 is 0 Å². The Hall–Kier alpha value is -2.72. The van der Waals surface area contributed by atoms with Crippen molar-refractivity contribution in [3.8, 4) is 5.75 Å². The van der Waals surface area contributed by atoms with Gasteiger partial charge in [-0.3, -0.25) is 4.79 Å². The minimum absolute atomic E-state index is 0.0796. The standard InChI is InChI=1S/C25H25NO2S/c1-28-21-16-14-19(15-17-21)18-26-23-12-6-5-8-20(23)9-7-13-24(25(26)27)29-22-10-3-2-4-11-22/h2-6,8,10-12,14-17,24H,7,9,13,18H2,1H3. The van der Waals surface area contributed by atoms with Crippen LogP contribution in [0.4, 0.5) is 5.69 Å². The lowest BCUT2D eigenvalue weighted by Crippen LogP contribution is -2.39. The summed E-state index contributed by atoms with van der Waals surface area (Å²) in [7, 11) is 1.67. The Bertz CT molecular complexity index is 956. The second-order valence-corrected chi connectivity index (χ2v) is 8.49. The highest BCUT2D eigenvalue weighted by Crippen LogP contribution is 2.34. The number of methoxy groups -OCH3 is 1. The molecule has 0 saturated heterocycles. The monoisotopic (exact) mass is 403 g/mol. The van der Waals surface area contributed by atoms with E-state index in [2.05, 4.69) is 30.3 Å². The van der Waals surface area contributed by atoms with Crippen LogP contribution in [0.5, 0.6) is 5.75 Å². The predicted molar refractivity (Wildman–Crippen MR) is 120 cm³/mol. The van der Waals surface area contributed by atoms with Gasteiger partial charge in [0.25, 0.3) is 0 Å². The fourth-order valence-corrected chi connectivity index (χ4v) is 4.88. The van der Waals surface area contributed by atoms with Gasteiger partial charge in [-0.05, 0) is 60.7 Å². The maximum absolute atomic E-state index is 13.7. The fourth-order valence-electron chi connectivity index (χ4n) is 3.73. The first kappa shape index (κ1) is 19.6. The van der Waals surface area contributed by atoms with Crippen molar-refractivity contribution in [2.45, 2.75) is 36.0 Å². The number of thioether (sulfide) groups is 1. The van der Waals surface area contributed by atoms with E-state index in [9.17, 15) is 4.79 Å². The highest BCUT2D eigenvalue weighted by molar-refractivity contribution is 8.00. The topological polar surface area (TPSA) is 29.5 Å². The van der Waals surface area contributed by atoms with Crippen LogP contribution in [0, 0.1) is 0 Å². The Labute approximate surface area is 176 Å². The summed E-state index contributed by atoms with van der Waals surface area (Å²) in [5, 5.41) is -0.0796. The number of fused-ring (bicyclic) bond motifs is 1. The molecule has 0 bridgehead atoms. The number of carbonyl (C=O) groups excluding carboxylic acids is 1. The first-order valence-electron chi connectivity index (χ1n) is 9.98. The molecule has 3 aromatic carbocycles. The lowest BCUT2D eigenvalue weighted by molar-refractivity contribution is -0.118. The van der Waals surface area contributed by atoms with Gasteiger partial charge in [-0.15, -0.1) is 11.8 Å². The zero-order valence-electron chi connectivity index (χ0n) is 16.6. The van der Waals surface area contributed by atoms with E-state index in [0.29, 0.717) is 6.54 Å². The number of aryl methyl sites for hydroxylation is 1. The number of carbonyl (C=O) groups is 1. The molecule has 0 spiro atoms. The SMILES string of the molecule is COc1ccc(CN2C(=O)C(Sc3ccccc3)CCCc3ccccc32)cc1. The highest BCUT2D eigenvalue weighted by Gasteiger charge is 2.29. The van der Waals surface area contributed by atoms with E-state index in [1.54, 1.807) is 18.9 Å². The summed E-state index contributed by atoms with van der Waals surface area (Å²) < 4.78 is 5.27. The maximum Gasteiger partial charge on any atom is 0.240 e. The molecule has 1 amide bonds. The number of rotatable bonds is 5. The third-order valence-electron chi connectivity index (χ3n) is 5.26. The van der Waals surface area contributed by atoms with Crippen molar-refractivity contribution >= 4 is 23.4 Å². The van der Waals surface area contributed by atoms with E-state index in [1.165, 1.54) is 5.56 Å². The summed E-state index contributed by atoms with van der Waals surface area (Å²) in [4.78, 5) is 16.8. The van der Waals surface area contributed by atoms with Crippen LogP contribution in [-0.4, -0.2) is 18.3 Å². The molecule has 0 saturated carbocycles. The van der Waals surface area contributed by atoms with Crippen LogP contribution in [0.15, 0.2) is 83.8 Å². The average Bonchev–Trinajstić information content (AvgIpc) is 2.77. The van der Waals surface area contributed by atoms with Crippen molar-refractivity contribution < 1.29 is 9.53 Å². The summed E-state index contributed by atoms with van der Waals surface area (Å²) in [5.74, 6) is 1.01. The number of anilines is 1. The maximum atomic E-state index is 13.7. The quantitative estimate of drug-likeness (QED) is 0.545. The molecule has 0 aliphatic carbocycles. The second-order valence-electron chi connectivity index (χ2n) is 7.21. The van der Waals surface area contributed by atoms with Gasteiger partial charge in [0.15, 0.2) is 0 Å². The molecule has 3 nitrogen and oxygen atoms in total. The van der Waals surface area contributed by atoms with Gasteiger partial charge in [0, 0.05) is 10.6 Å². The molecule has 3 aromatic rings. The van der Waals surface area contributed by atoms with Crippen LogP contribution in [-0.2, 0) is 17.8 Å². The minimum Gasteiger partial charge on any atom is -0.497 e. The number of ether oxygens (including phenoxy) is 1. The van der Waals surface area contributed by atoms with Gasteiger partial charge in [0.2, 0.25) is 5.91 Å². The summed E-state index contributed by atoms with van der Waals surface area (Å²) in [6.45, 7) is 0.561. The van der Waals surface area contributed by atoms with E-state index < -0.39 is 0 Å². The van der Waals surface area contributed by atoms with Gasteiger partial charge in [0.1, 0.15) is 5.75 Å². The van der Waals surface area contributed by atoms with E-state index in [1.807, 2.05) is 53.4 Å². The number of nitrogens with zero attached hydrogens (tertiary/aromatic N) is 1. The molecule has 4 heteroatoms. The number of benzene rings is 3. The summed E-state index contributed by atoms with van der Waals surface area (Å²) in [6, 6.07) is 26.5. The molecule has 1 aliphatic heterocycles. The van der Waals surface area contributed by atoms with Crippen LogP contribution in [0.25, 0.3) is 0 Å². The Morgan fingerprint density at radius 1 is 0.966 bits per heavy atom. The molecular formula is C25H25NO2S. The largest absolute Gasteiger partial charge is 0.497 e. The number of amides is 1. The Kier molecular flexibility index (Phi) is 6.20. The first-order chi connectivity index (χ1) is 14.2. The minimum atomic E-state index is -0.0796. The average molecular weight is 404 g/mol. The van der Waals surface area contributed by atoms with Gasteiger partial charge in [-0.2, -0.15) is 0 Å². The molecule has 0 radical (unpaired) electrons. The third kappa shape index (κ3) is 4.65. The zero-order chi connectivity index (χ0) is 20.1. The van der Waals surface area contributed by atoms with Gasteiger partial charge >= 0.3 is 0 Å². The first-order valence-corrected chi connectivity index (χ1v) is 10.9. The molecule has 148 valence electrons. The van der Waals surface area contributed by atoms with Crippen LogP contribution >= 0.6 is 11.8 Å². The van der Waals surface area contributed by atoms with Crippen molar-refractivity contribution in [2.24, 2.45) is 0 Å². The van der Waals surface area contributed by atoms with E-state index in [4.69, 9.17) is 4.74 Å². The normalized spacial score (nSPS) is 16.7. The van der Waals surface area contributed by atoms with Crippen molar-refractivity contribution in [1.29, 1.82) is 0 Å². The van der Waals surface area contributed by atoms with E-state index in [0.717, 1.165) is 41.2 Å². The summed E-state index contributed by atoms with van der Waals surface area (Å²) in [6.07, 6.45) is 2.89. The smallest absolute Gasteiger partial charge is 0.240 e. The molecule has 1 atom stereocenters. The molecule has 4 rings (SSSR count). The van der Waals surface area contributed by atoms with Crippen LogP contribution < -0.4 is 9.64 Å². The molecule has 1 unspecified atom stereocenters. The Balaban J connectivity index is 1.65. The third-order valence-corrected chi connectivity index (χ3v) is 6.52. The van der Waals surface area contributed by atoms with Crippen molar-refractivity contribution in [3.63, 3.8) is 0 Å². The van der Waals surface area contributed by atoms with Crippen LogP contribution in [0.3, 0.4) is 0 Å². The molecule has 1 heterocycles. The molecule has 0 aromatic heterocycles. The van der Waals surface area contributed by atoms with Gasteiger partial charge in [0.05, 0.1) is 18.9 Å². The highest BCUT2D eigenvalue weighted by atomic mass is 32.2. The summed E-state index contributed by atoms with van der Waals surface area (Å²) in [5.41, 5.74) is 3.38. The van der Waals surface area contributed by atoms with Crippen molar-refractivity contribution in [2.75, 3.05) is 12.0 Å². The summed E-state index contributed by atoms with van der Waals surface area (Å²) >= 11 is 1.68. The lowest BCUT2D eigenvalue weighted by Gasteiger charge is -2.31. The number of hydrogen-bond acceptors (Lipinski definition) is 3. The van der Waals surface area contributed by atoms with Crippen molar-refractivity contribution in [1.82, 2.24) is 0 Å².